The fourth-order valence-electron chi connectivity index (χ4n) is 4.33. The van der Waals surface area contributed by atoms with E-state index in [1.165, 1.54) is 37.4 Å². The average molecular weight is 435 g/mol. The highest BCUT2D eigenvalue weighted by Gasteiger charge is 2.45. The van der Waals surface area contributed by atoms with Crippen molar-refractivity contribution in [2.45, 2.75) is 50.4 Å². The lowest BCUT2D eigenvalue weighted by Gasteiger charge is -2.31. The van der Waals surface area contributed by atoms with Crippen molar-refractivity contribution in [3.8, 4) is 0 Å². The molecule has 0 saturated heterocycles. The van der Waals surface area contributed by atoms with Gasteiger partial charge in [-0.3, -0.25) is 4.79 Å². The molecule has 1 aliphatic rings. The van der Waals surface area contributed by atoms with Crippen LogP contribution < -0.4 is 5.32 Å². The molecular weight excluding hydrogens is 405 g/mol. The third-order valence-electron chi connectivity index (χ3n) is 6.18. The Morgan fingerprint density at radius 1 is 1.19 bits per heavy atom. The first kappa shape index (κ1) is 23.1. The third-order valence-corrected chi connectivity index (χ3v) is 6.18. The Kier molecular flexibility index (Phi) is 6.65. The molecule has 3 rings (SSSR count). The van der Waals surface area contributed by atoms with Crippen molar-refractivity contribution < 1.29 is 22.7 Å². The second-order valence-electron chi connectivity index (χ2n) is 8.59. The second-order valence-corrected chi connectivity index (χ2v) is 8.59. The van der Waals surface area contributed by atoms with E-state index in [-0.39, 0.29) is 30.0 Å². The van der Waals surface area contributed by atoms with E-state index in [4.69, 9.17) is 4.74 Å². The summed E-state index contributed by atoms with van der Waals surface area (Å²) in [5.74, 6) is -0.614. The molecule has 0 saturated carbocycles. The fraction of sp³-hybridized carbons (Fsp3) is 0.458. The number of anilines is 1. The first-order valence-electron chi connectivity index (χ1n) is 10.3. The van der Waals surface area contributed by atoms with Crippen LogP contribution in [0.3, 0.4) is 0 Å². The molecule has 2 unspecified atom stereocenters. The average Bonchev–Trinajstić information content (AvgIpc) is 2.96. The number of fused-ring (bicyclic) bond motifs is 1. The number of halogens is 3. The number of nitrogens with one attached hydrogen (secondary N) is 1. The first-order valence-corrected chi connectivity index (χ1v) is 10.3. The number of alkyl halides is 3. The predicted molar refractivity (Wildman–Crippen MR) is 115 cm³/mol. The van der Waals surface area contributed by atoms with Crippen molar-refractivity contribution in [2.75, 3.05) is 26.1 Å². The van der Waals surface area contributed by atoms with Gasteiger partial charge < -0.3 is 15.0 Å². The molecule has 0 spiro atoms. The molecule has 0 radical (unpaired) electrons. The number of carbonyl (C=O) groups is 1. The minimum atomic E-state index is -4.58. The zero-order valence-electron chi connectivity index (χ0n) is 18.3. The molecule has 0 aromatic heterocycles. The topological polar surface area (TPSA) is 41.6 Å². The van der Waals surface area contributed by atoms with Gasteiger partial charge in [0.25, 0.3) is 0 Å². The van der Waals surface area contributed by atoms with Crippen molar-refractivity contribution in [3.63, 3.8) is 0 Å². The van der Waals surface area contributed by atoms with Gasteiger partial charge >= 0.3 is 6.18 Å². The Balaban J connectivity index is 1.77. The number of carbonyl (C=O) groups excluding carboxylic acids is 1. The Hall–Kier alpha value is -2.54. The lowest BCUT2D eigenvalue weighted by molar-refractivity contribution is -0.189. The van der Waals surface area contributed by atoms with Crippen molar-refractivity contribution >= 4 is 11.6 Å². The zero-order chi connectivity index (χ0) is 22.8. The van der Waals surface area contributed by atoms with Gasteiger partial charge in [-0.25, -0.2) is 0 Å². The molecule has 0 bridgehead atoms. The molecule has 0 heterocycles. The molecule has 1 N–H and O–H groups in total. The van der Waals surface area contributed by atoms with E-state index in [2.05, 4.69) is 31.3 Å². The predicted octanol–water partition coefficient (Wildman–Crippen LogP) is 5.10. The maximum Gasteiger partial charge on any atom is 0.413 e. The summed E-state index contributed by atoms with van der Waals surface area (Å²) in [5, 5.41) is 3.48. The Bertz CT molecular complexity index is 910. The Labute approximate surface area is 181 Å². The van der Waals surface area contributed by atoms with Gasteiger partial charge in [-0.15, -0.1) is 0 Å². The molecule has 2 aromatic carbocycles. The van der Waals surface area contributed by atoms with Crippen molar-refractivity contribution in [2.24, 2.45) is 0 Å². The van der Waals surface area contributed by atoms with E-state index in [9.17, 15) is 18.0 Å². The number of benzene rings is 2. The molecule has 168 valence electrons. The van der Waals surface area contributed by atoms with Crippen LogP contribution in [-0.4, -0.2) is 43.8 Å². The number of hydrogen-bond acceptors (Lipinski definition) is 3. The normalized spacial score (nSPS) is 18.4. The standard InChI is InChI=1S/C24H29F3N2O2/c1-23(2)19-8-6-5-7-17(19)15-20(23)28-18-11-9-16(10-12-18)22(24(25,26)27)29(3)21(30)13-14-31-4/h5-12,20,22,28H,13-15H2,1-4H3. The van der Waals surface area contributed by atoms with Gasteiger partial charge in [0, 0.05) is 31.3 Å². The summed E-state index contributed by atoms with van der Waals surface area (Å²) in [6.45, 7) is 4.42. The van der Waals surface area contributed by atoms with Crippen molar-refractivity contribution in [3.05, 3.63) is 65.2 Å². The van der Waals surface area contributed by atoms with E-state index in [0.717, 1.165) is 17.0 Å². The SMILES string of the molecule is COCCC(=O)N(C)C(c1ccc(NC2Cc3ccccc3C2(C)C)cc1)C(F)(F)F. The van der Waals surface area contributed by atoms with Gasteiger partial charge in [-0.2, -0.15) is 13.2 Å². The number of methoxy groups -OCH3 is 1. The highest BCUT2D eigenvalue weighted by molar-refractivity contribution is 5.76. The number of ether oxygens (including phenoxy) is 1. The minimum absolute atomic E-state index is 0.0280. The first-order chi connectivity index (χ1) is 14.6. The summed E-state index contributed by atoms with van der Waals surface area (Å²) >= 11 is 0. The number of nitrogens with zero attached hydrogens (tertiary/aromatic N) is 1. The van der Waals surface area contributed by atoms with E-state index in [0.29, 0.717) is 0 Å². The summed E-state index contributed by atoms with van der Waals surface area (Å²) in [7, 11) is 2.59. The molecule has 1 amide bonds. The molecular formula is C24H29F3N2O2. The number of hydrogen-bond donors (Lipinski definition) is 1. The van der Waals surface area contributed by atoms with Gasteiger partial charge in [0.15, 0.2) is 6.04 Å². The molecule has 2 aromatic rings. The van der Waals surface area contributed by atoms with E-state index in [1.807, 2.05) is 12.1 Å². The largest absolute Gasteiger partial charge is 0.413 e. The van der Waals surface area contributed by atoms with Crippen molar-refractivity contribution in [1.29, 1.82) is 0 Å². The smallest absolute Gasteiger partial charge is 0.384 e. The van der Waals surface area contributed by atoms with Gasteiger partial charge in [-0.05, 0) is 35.2 Å². The summed E-state index contributed by atoms with van der Waals surface area (Å²) in [4.78, 5) is 12.9. The monoisotopic (exact) mass is 434 g/mol. The fourth-order valence-corrected chi connectivity index (χ4v) is 4.33. The lowest BCUT2D eigenvalue weighted by Crippen LogP contribution is -2.40. The van der Waals surface area contributed by atoms with Crippen LogP contribution in [0, 0.1) is 0 Å². The zero-order valence-corrected chi connectivity index (χ0v) is 18.3. The molecule has 7 heteroatoms. The summed E-state index contributed by atoms with van der Waals surface area (Å²) < 4.78 is 46.2. The van der Waals surface area contributed by atoms with Crippen LogP contribution in [-0.2, 0) is 21.4 Å². The van der Waals surface area contributed by atoms with Crippen molar-refractivity contribution in [1.82, 2.24) is 4.90 Å². The molecule has 0 aliphatic heterocycles. The highest BCUT2D eigenvalue weighted by atomic mass is 19.4. The maximum atomic E-state index is 13.8. The molecule has 1 aliphatic carbocycles. The highest BCUT2D eigenvalue weighted by Crippen LogP contribution is 2.41. The van der Waals surface area contributed by atoms with E-state index < -0.39 is 18.1 Å². The van der Waals surface area contributed by atoms with Gasteiger partial charge in [0.1, 0.15) is 0 Å². The van der Waals surface area contributed by atoms with Crippen LogP contribution in [0.5, 0.6) is 0 Å². The van der Waals surface area contributed by atoms with E-state index in [1.54, 1.807) is 12.1 Å². The molecule has 0 fully saturated rings. The van der Waals surface area contributed by atoms with Crippen LogP contribution in [0.2, 0.25) is 0 Å². The van der Waals surface area contributed by atoms with Crippen LogP contribution in [0.15, 0.2) is 48.5 Å². The molecule has 31 heavy (non-hydrogen) atoms. The summed E-state index contributed by atoms with van der Waals surface area (Å²) in [5.41, 5.74) is 3.26. The number of rotatable bonds is 7. The lowest BCUT2D eigenvalue weighted by atomic mass is 9.83. The quantitative estimate of drug-likeness (QED) is 0.659. The van der Waals surface area contributed by atoms with Gasteiger partial charge in [-0.1, -0.05) is 50.2 Å². The maximum absolute atomic E-state index is 13.8. The Morgan fingerprint density at radius 2 is 1.84 bits per heavy atom. The summed E-state index contributed by atoms with van der Waals surface area (Å²) in [6.07, 6.45) is -3.83. The van der Waals surface area contributed by atoms with Crippen LogP contribution in [0.1, 0.15) is 43.0 Å². The second kappa shape index (κ2) is 8.91. The minimum Gasteiger partial charge on any atom is -0.384 e. The summed E-state index contributed by atoms with van der Waals surface area (Å²) in [6, 6.07) is 12.6. The molecule has 2 atom stereocenters. The Morgan fingerprint density at radius 3 is 2.42 bits per heavy atom. The van der Waals surface area contributed by atoms with E-state index >= 15 is 0 Å². The van der Waals surface area contributed by atoms with Crippen LogP contribution in [0.25, 0.3) is 0 Å². The third kappa shape index (κ3) is 4.87. The molecule has 4 nitrogen and oxygen atoms in total. The number of amides is 1. The van der Waals surface area contributed by atoms with Crippen LogP contribution >= 0.6 is 0 Å². The van der Waals surface area contributed by atoms with Gasteiger partial charge in [0.05, 0.1) is 13.0 Å². The van der Waals surface area contributed by atoms with Crippen LogP contribution in [0.4, 0.5) is 18.9 Å². The van der Waals surface area contributed by atoms with Gasteiger partial charge in [0.2, 0.25) is 5.91 Å².